The summed E-state index contributed by atoms with van der Waals surface area (Å²) in [6.45, 7) is 4.99. The smallest absolute Gasteiger partial charge is 0.258 e. The highest BCUT2D eigenvalue weighted by Gasteiger charge is 2.27. The average molecular weight is 383 g/mol. The van der Waals surface area contributed by atoms with Crippen LogP contribution in [0.4, 0.5) is 5.69 Å². The molecule has 0 saturated carbocycles. The molecule has 8 nitrogen and oxygen atoms in total. The third kappa shape index (κ3) is 4.72. The van der Waals surface area contributed by atoms with Gasteiger partial charge in [-0.25, -0.2) is 5.01 Å². The van der Waals surface area contributed by atoms with E-state index in [1.807, 2.05) is 11.9 Å². The molecule has 3 N–H and O–H groups in total. The van der Waals surface area contributed by atoms with Gasteiger partial charge < -0.3 is 15.8 Å². The molecule has 3 rings (SSSR count). The number of amides is 2. The molecule has 1 fully saturated rings. The van der Waals surface area contributed by atoms with Crippen LogP contribution in [0.1, 0.15) is 28.9 Å². The van der Waals surface area contributed by atoms with E-state index < -0.39 is 6.04 Å². The Balaban J connectivity index is 1.66. The number of hydrogen-bond donors (Lipinski definition) is 2. The van der Waals surface area contributed by atoms with Crippen LogP contribution in [0.3, 0.4) is 0 Å². The number of morpholine rings is 1. The highest BCUT2D eigenvalue weighted by molar-refractivity contribution is 6.04. The number of nitrogens with two attached hydrogens (primary N) is 1. The standard InChI is InChI=1S/C20H25N5O3/c1-2-25(24-11-13-28-14-12-24)20(27)18(21)15-3-5-16(6-4-15)19(26)23-17-7-9-22-10-8-17/h3-10,18H,2,11-14,21H2,1H3,(H,22,23,26). The van der Waals surface area contributed by atoms with E-state index in [0.29, 0.717) is 49.7 Å². The van der Waals surface area contributed by atoms with E-state index in [0.717, 1.165) is 0 Å². The number of carbonyl (C=O) groups excluding carboxylic acids is 2. The van der Waals surface area contributed by atoms with Crippen LogP contribution in [0.15, 0.2) is 48.8 Å². The van der Waals surface area contributed by atoms with Gasteiger partial charge in [0.25, 0.3) is 11.8 Å². The van der Waals surface area contributed by atoms with Gasteiger partial charge in [-0.15, -0.1) is 0 Å². The fourth-order valence-corrected chi connectivity index (χ4v) is 3.07. The number of rotatable bonds is 6. The fourth-order valence-electron chi connectivity index (χ4n) is 3.07. The summed E-state index contributed by atoms with van der Waals surface area (Å²) in [4.78, 5) is 29.1. The first-order chi connectivity index (χ1) is 13.6. The average Bonchev–Trinajstić information content (AvgIpc) is 2.75. The number of aromatic nitrogens is 1. The second-order valence-electron chi connectivity index (χ2n) is 6.41. The molecule has 1 aromatic carbocycles. The molecule has 148 valence electrons. The molecule has 1 aromatic heterocycles. The lowest BCUT2D eigenvalue weighted by Crippen LogP contribution is -2.53. The Morgan fingerprint density at radius 3 is 2.43 bits per heavy atom. The third-order valence-corrected chi connectivity index (χ3v) is 4.62. The first-order valence-corrected chi connectivity index (χ1v) is 9.31. The van der Waals surface area contributed by atoms with E-state index in [-0.39, 0.29) is 11.8 Å². The lowest BCUT2D eigenvalue weighted by Gasteiger charge is -2.37. The molecule has 0 spiro atoms. The third-order valence-electron chi connectivity index (χ3n) is 4.62. The first kappa shape index (κ1) is 19.9. The zero-order valence-corrected chi connectivity index (χ0v) is 15.9. The Labute approximate surface area is 164 Å². The number of hydrogen-bond acceptors (Lipinski definition) is 6. The van der Waals surface area contributed by atoms with Crippen LogP contribution in [-0.4, -0.2) is 59.7 Å². The monoisotopic (exact) mass is 383 g/mol. The molecule has 2 aromatic rings. The first-order valence-electron chi connectivity index (χ1n) is 9.31. The summed E-state index contributed by atoms with van der Waals surface area (Å²) in [5, 5.41) is 6.45. The van der Waals surface area contributed by atoms with Crippen molar-refractivity contribution in [2.75, 3.05) is 38.2 Å². The van der Waals surface area contributed by atoms with Crippen LogP contribution in [0.25, 0.3) is 0 Å². The number of carbonyl (C=O) groups is 2. The number of nitrogens with one attached hydrogen (secondary N) is 1. The summed E-state index contributed by atoms with van der Waals surface area (Å²) < 4.78 is 5.35. The zero-order chi connectivity index (χ0) is 19.9. The largest absolute Gasteiger partial charge is 0.379 e. The molecule has 0 aliphatic carbocycles. The van der Waals surface area contributed by atoms with Crippen molar-refractivity contribution in [3.63, 3.8) is 0 Å². The number of likely N-dealkylation sites (N-methyl/N-ethyl adjacent to an activating group) is 1. The molecule has 1 unspecified atom stereocenters. The quantitative estimate of drug-likeness (QED) is 0.783. The molecular weight excluding hydrogens is 358 g/mol. The van der Waals surface area contributed by atoms with Gasteiger partial charge in [0.05, 0.1) is 13.2 Å². The molecule has 2 amide bonds. The molecule has 1 aliphatic rings. The topological polar surface area (TPSA) is 101 Å². The number of nitrogens with zero attached hydrogens (tertiary/aromatic N) is 3. The number of ether oxygens (including phenoxy) is 1. The second kappa shape index (κ2) is 9.41. The Bertz CT molecular complexity index is 791. The minimum absolute atomic E-state index is 0.168. The van der Waals surface area contributed by atoms with Crippen molar-refractivity contribution in [1.29, 1.82) is 0 Å². The summed E-state index contributed by atoms with van der Waals surface area (Å²) in [5.41, 5.74) is 8.03. The predicted octanol–water partition coefficient (Wildman–Crippen LogP) is 1.43. The molecule has 1 saturated heterocycles. The zero-order valence-electron chi connectivity index (χ0n) is 15.9. The maximum atomic E-state index is 12.9. The van der Waals surface area contributed by atoms with Crippen LogP contribution in [0.5, 0.6) is 0 Å². The number of pyridine rings is 1. The van der Waals surface area contributed by atoms with Gasteiger partial charge in [-0.3, -0.25) is 19.6 Å². The highest BCUT2D eigenvalue weighted by atomic mass is 16.5. The minimum Gasteiger partial charge on any atom is -0.379 e. The molecule has 28 heavy (non-hydrogen) atoms. The maximum Gasteiger partial charge on any atom is 0.258 e. The van der Waals surface area contributed by atoms with Gasteiger partial charge in [0.1, 0.15) is 6.04 Å². The highest BCUT2D eigenvalue weighted by Crippen LogP contribution is 2.17. The summed E-state index contributed by atoms with van der Waals surface area (Å²) in [5.74, 6) is -0.403. The molecule has 1 atom stereocenters. The van der Waals surface area contributed by atoms with Crippen molar-refractivity contribution >= 4 is 17.5 Å². The summed E-state index contributed by atoms with van der Waals surface area (Å²) in [6, 6.07) is 9.42. The van der Waals surface area contributed by atoms with Crippen molar-refractivity contribution in [2.24, 2.45) is 5.73 Å². The molecular formula is C20H25N5O3. The predicted molar refractivity (Wildman–Crippen MR) is 105 cm³/mol. The van der Waals surface area contributed by atoms with Crippen LogP contribution >= 0.6 is 0 Å². The van der Waals surface area contributed by atoms with Gasteiger partial charge in [-0.05, 0) is 36.8 Å². The van der Waals surface area contributed by atoms with E-state index >= 15 is 0 Å². The van der Waals surface area contributed by atoms with Crippen molar-refractivity contribution in [1.82, 2.24) is 15.0 Å². The minimum atomic E-state index is -0.792. The Morgan fingerprint density at radius 2 is 1.82 bits per heavy atom. The van der Waals surface area contributed by atoms with Gasteiger partial charge in [0.15, 0.2) is 0 Å². The van der Waals surface area contributed by atoms with Gasteiger partial charge in [0.2, 0.25) is 0 Å². The van der Waals surface area contributed by atoms with E-state index in [1.54, 1.807) is 53.8 Å². The second-order valence-corrected chi connectivity index (χ2v) is 6.41. The number of anilines is 1. The lowest BCUT2D eigenvalue weighted by atomic mass is 10.0. The Kier molecular flexibility index (Phi) is 6.70. The molecule has 0 radical (unpaired) electrons. The normalized spacial score (nSPS) is 15.6. The fraction of sp³-hybridized carbons (Fsp3) is 0.350. The summed E-state index contributed by atoms with van der Waals surface area (Å²) in [7, 11) is 0. The van der Waals surface area contributed by atoms with Gasteiger partial charge in [-0.1, -0.05) is 12.1 Å². The van der Waals surface area contributed by atoms with Crippen LogP contribution in [0.2, 0.25) is 0 Å². The molecule has 0 bridgehead atoms. The number of benzene rings is 1. The Hall–Kier alpha value is -2.81. The van der Waals surface area contributed by atoms with E-state index in [1.165, 1.54) is 0 Å². The van der Waals surface area contributed by atoms with E-state index in [4.69, 9.17) is 10.5 Å². The van der Waals surface area contributed by atoms with E-state index in [2.05, 4.69) is 10.3 Å². The van der Waals surface area contributed by atoms with Crippen molar-refractivity contribution < 1.29 is 14.3 Å². The van der Waals surface area contributed by atoms with Gasteiger partial charge >= 0.3 is 0 Å². The summed E-state index contributed by atoms with van der Waals surface area (Å²) in [6.07, 6.45) is 3.22. The Morgan fingerprint density at radius 1 is 1.18 bits per heavy atom. The number of hydrazine groups is 1. The lowest BCUT2D eigenvalue weighted by molar-refractivity contribution is -0.157. The SMILES string of the molecule is CCN(C(=O)C(N)c1ccc(C(=O)Nc2ccncc2)cc1)N1CCOCC1. The van der Waals surface area contributed by atoms with Gasteiger partial charge in [0, 0.05) is 43.3 Å². The molecule has 8 heteroatoms. The molecule has 2 heterocycles. The summed E-state index contributed by atoms with van der Waals surface area (Å²) >= 11 is 0. The van der Waals surface area contributed by atoms with Gasteiger partial charge in [-0.2, -0.15) is 0 Å². The van der Waals surface area contributed by atoms with Crippen molar-refractivity contribution in [3.8, 4) is 0 Å². The van der Waals surface area contributed by atoms with Crippen LogP contribution < -0.4 is 11.1 Å². The van der Waals surface area contributed by atoms with Crippen LogP contribution in [-0.2, 0) is 9.53 Å². The van der Waals surface area contributed by atoms with Crippen molar-refractivity contribution in [2.45, 2.75) is 13.0 Å². The van der Waals surface area contributed by atoms with E-state index in [9.17, 15) is 9.59 Å². The molecule has 1 aliphatic heterocycles. The van der Waals surface area contributed by atoms with Crippen LogP contribution in [0, 0.1) is 0 Å². The maximum absolute atomic E-state index is 12.9. The van der Waals surface area contributed by atoms with Crippen molar-refractivity contribution in [3.05, 3.63) is 59.9 Å².